The van der Waals surface area contributed by atoms with Crippen molar-refractivity contribution in [1.82, 2.24) is 4.90 Å². The maximum atomic E-state index is 5.76. The quantitative estimate of drug-likeness (QED) is 0.566. The maximum Gasteiger partial charge on any atom is 0.0626 e. The van der Waals surface area contributed by atoms with Gasteiger partial charge in [-0.1, -0.05) is 12.8 Å². The summed E-state index contributed by atoms with van der Waals surface area (Å²) >= 11 is 0. The van der Waals surface area contributed by atoms with Gasteiger partial charge in [-0.2, -0.15) is 0 Å². The van der Waals surface area contributed by atoms with Crippen LogP contribution in [0.25, 0.3) is 0 Å². The predicted molar refractivity (Wildman–Crippen MR) is 50.8 cm³/mol. The minimum Gasteiger partial charge on any atom is -0.383 e. The SMILES string of the molecule is C#CCN(CC)CC(N)COC. The number of nitrogens with two attached hydrogens (primary N) is 1. The summed E-state index contributed by atoms with van der Waals surface area (Å²) in [5.74, 6) is 2.60. The molecule has 70 valence electrons. The molecule has 0 heterocycles. The Hall–Kier alpha value is -0.560. The highest BCUT2D eigenvalue weighted by Gasteiger charge is 2.06. The van der Waals surface area contributed by atoms with Crippen LogP contribution in [0.15, 0.2) is 0 Å². The topological polar surface area (TPSA) is 38.5 Å². The van der Waals surface area contributed by atoms with Crippen LogP contribution < -0.4 is 5.73 Å². The molecule has 12 heavy (non-hydrogen) atoms. The zero-order chi connectivity index (χ0) is 9.40. The van der Waals surface area contributed by atoms with Gasteiger partial charge in [0.15, 0.2) is 0 Å². The third-order valence-corrected chi connectivity index (χ3v) is 1.64. The number of hydrogen-bond acceptors (Lipinski definition) is 3. The maximum absolute atomic E-state index is 5.76. The summed E-state index contributed by atoms with van der Waals surface area (Å²) in [6.07, 6.45) is 5.19. The van der Waals surface area contributed by atoms with Crippen LogP contribution in [0.3, 0.4) is 0 Å². The van der Waals surface area contributed by atoms with E-state index in [0.717, 1.165) is 13.1 Å². The van der Waals surface area contributed by atoms with Crippen molar-refractivity contribution in [2.45, 2.75) is 13.0 Å². The van der Waals surface area contributed by atoms with Crippen LogP contribution in [0.4, 0.5) is 0 Å². The van der Waals surface area contributed by atoms with Gasteiger partial charge < -0.3 is 10.5 Å². The second kappa shape index (κ2) is 7.11. The van der Waals surface area contributed by atoms with Crippen LogP contribution in [-0.4, -0.2) is 44.3 Å². The van der Waals surface area contributed by atoms with Crippen LogP contribution in [0.2, 0.25) is 0 Å². The molecule has 2 N–H and O–H groups in total. The van der Waals surface area contributed by atoms with E-state index >= 15 is 0 Å². The van der Waals surface area contributed by atoms with Crippen molar-refractivity contribution in [2.24, 2.45) is 5.73 Å². The molecular formula is C9H18N2O. The summed E-state index contributed by atoms with van der Waals surface area (Å²) in [6, 6.07) is 0.0586. The third kappa shape index (κ3) is 5.14. The molecule has 0 aromatic rings. The fourth-order valence-electron chi connectivity index (χ4n) is 1.03. The lowest BCUT2D eigenvalue weighted by molar-refractivity contribution is 0.159. The van der Waals surface area contributed by atoms with E-state index in [9.17, 15) is 0 Å². The highest BCUT2D eigenvalue weighted by atomic mass is 16.5. The van der Waals surface area contributed by atoms with Gasteiger partial charge in [-0.3, -0.25) is 4.90 Å². The molecular weight excluding hydrogens is 152 g/mol. The Morgan fingerprint density at radius 2 is 2.33 bits per heavy atom. The molecule has 0 spiro atoms. The molecule has 0 rings (SSSR count). The van der Waals surface area contributed by atoms with E-state index < -0.39 is 0 Å². The van der Waals surface area contributed by atoms with E-state index in [4.69, 9.17) is 16.9 Å². The van der Waals surface area contributed by atoms with E-state index in [1.807, 2.05) is 0 Å². The largest absolute Gasteiger partial charge is 0.383 e. The summed E-state index contributed by atoms with van der Waals surface area (Å²) in [4.78, 5) is 2.11. The molecule has 0 aromatic carbocycles. The molecule has 3 heteroatoms. The molecule has 3 nitrogen and oxygen atoms in total. The van der Waals surface area contributed by atoms with Crippen molar-refractivity contribution in [2.75, 3.05) is 33.4 Å². The van der Waals surface area contributed by atoms with Crippen LogP contribution in [-0.2, 0) is 4.74 Å². The van der Waals surface area contributed by atoms with Gasteiger partial charge in [-0.05, 0) is 6.54 Å². The number of likely N-dealkylation sites (N-methyl/N-ethyl adjacent to an activating group) is 1. The van der Waals surface area contributed by atoms with Crippen molar-refractivity contribution in [3.05, 3.63) is 0 Å². The highest BCUT2D eigenvalue weighted by molar-refractivity contribution is 4.88. The van der Waals surface area contributed by atoms with Crippen LogP contribution >= 0.6 is 0 Å². The van der Waals surface area contributed by atoms with Gasteiger partial charge in [-0.15, -0.1) is 6.42 Å². The molecule has 0 saturated carbocycles. The van der Waals surface area contributed by atoms with Gasteiger partial charge in [0.2, 0.25) is 0 Å². The van der Waals surface area contributed by atoms with Crippen LogP contribution in [0, 0.1) is 12.3 Å². The summed E-state index contributed by atoms with van der Waals surface area (Å²) in [7, 11) is 1.65. The van der Waals surface area contributed by atoms with Crippen molar-refractivity contribution in [3.63, 3.8) is 0 Å². The van der Waals surface area contributed by atoms with Gasteiger partial charge in [0.25, 0.3) is 0 Å². The zero-order valence-corrected chi connectivity index (χ0v) is 7.92. The second-order valence-corrected chi connectivity index (χ2v) is 2.75. The smallest absolute Gasteiger partial charge is 0.0626 e. The third-order valence-electron chi connectivity index (χ3n) is 1.64. The first-order chi connectivity index (χ1) is 5.74. The van der Waals surface area contributed by atoms with E-state index in [-0.39, 0.29) is 6.04 Å². The fourth-order valence-corrected chi connectivity index (χ4v) is 1.03. The number of hydrogen-bond donors (Lipinski definition) is 1. The average Bonchev–Trinajstić information content (AvgIpc) is 2.04. The zero-order valence-electron chi connectivity index (χ0n) is 7.92. The molecule has 0 aliphatic heterocycles. The first-order valence-corrected chi connectivity index (χ1v) is 4.14. The Morgan fingerprint density at radius 3 is 2.75 bits per heavy atom. The highest BCUT2D eigenvalue weighted by Crippen LogP contribution is 1.89. The normalized spacial score (nSPS) is 12.9. The number of rotatable bonds is 6. The lowest BCUT2D eigenvalue weighted by Crippen LogP contribution is -2.40. The number of nitrogens with zero attached hydrogens (tertiary/aromatic N) is 1. The monoisotopic (exact) mass is 170 g/mol. The lowest BCUT2D eigenvalue weighted by Gasteiger charge is -2.21. The first kappa shape index (κ1) is 11.4. The molecule has 1 unspecified atom stereocenters. The summed E-state index contributed by atoms with van der Waals surface area (Å²) in [6.45, 7) is 5.04. The predicted octanol–water partition coefficient (Wildman–Crippen LogP) is -0.0848. The molecule has 1 atom stereocenters. The van der Waals surface area contributed by atoms with Crippen molar-refractivity contribution < 1.29 is 4.74 Å². The van der Waals surface area contributed by atoms with Gasteiger partial charge in [0.1, 0.15) is 0 Å². The summed E-state index contributed by atoms with van der Waals surface area (Å²) < 4.78 is 4.92. The Bertz CT molecular complexity index is 142. The molecule has 0 amide bonds. The minimum absolute atomic E-state index is 0.0586. The summed E-state index contributed by atoms with van der Waals surface area (Å²) in [5.41, 5.74) is 5.76. The Kier molecular flexibility index (Phi) is 6.78. The van der Waals surface area contributed by atoms with E-state index in [1.165, 1.54) is 0 Å². The molecule has 0 aliphatic rings. The Labute approximate surface area is 74.9 Å². The van der Waals surface area contributed by atoms with Crippen molar-refractivity contribution >= 4 is 0 Å². The molecule has 0 radical (unpaired) electrons. The number of methoxy groups -OCH3 is 1. The Balaban J connectivity index is 3.62. The first-order valence-electron chi connectivity index (χ1n) is 4.14. The Morgan fingerprint density at radius 1 is 1.67 bits per heavy atom. The molecule has 0 bridgehead atoms. The van der Waals surface area contributed by atoms with E-state index in [1.54, 1.807) is 7.11 Å². The lowest BCUT2D eigenvalue weighted by atomic mass is 10.3. The van der Waals surface area contributed by atoms with E-state index in [2.05, 4.69) is 17.7 Å². The van der Waals surface area contributed by atoms with Crippen molar-refractivity contribution in [3.8, 4) is 12.3 Å². The molecule has 0 fully saturated rings. The number of ether oxygens (including phenoxy) is 1. The van der Waals surface area contributed by atoms with Gasteiger partial charge >= 0.3 is 0 Å². The van der Waals surface area contributed by atoms with Crippen LogP contribution in [0.5, 0.6) is 0 Å². The molecule has 0 saturated heterocycles. The van der Waals surface area contributed by atoms with Gasteiger partial charge in [-0.25, -0.2) is 0 Å². The fraction of sp³-hybridized carbons (Fsp3) is 0.778. The summed E-state index contributed by atoms with van der Waals surface area (Å²) in [5, 5.41) is 0. The average molecular weight is 170 g/mol. The number of terminal acetylenes is 1. The van der Waals surface area contributed by atoms with Gasteiger partial charge in [0, 0.05) is 19.7 Å². The minimum atomic E-state index is 0.0586. The van der Waals surface area contributed by atoms with Crippen molar-refractivity contribution in [1.29, 1.82) is 0 Å². The van der Waals surface area contributed by atoms with Crippen LogP contribution in [0.1, 0.15) is 6.92 Å². The molecule has 0 aromatic heterocycles. The standard InChI is InChI=1S/C9H18N2O/c1-4-6-11(5-2)7-9(10)8-12-3/h1,9H,5-8,10H2,2-3H3. The second-order valence-electron chi connectivity index (χ2n) is 2.75. The molecule has 0 aliphatic carbocycles. The van der Waals surface area contributed by atoms with Gasteiger partial charge in [0.05, 0.1) is 13.2 Å². The van der Waals surface area contributed by atoms with E-state index in [0.29, 0.717) is 13.2 Å².